The molecule has 1 rings (SSSR count). The van der Waals surface area contributed by atoms with E-state index < -0.39 is 12.4 Å². The molecule has 0 spiro atoms. The molecule has 0 amide bonds. The molecule has 0 aromatic rings. The van der Waals surface area contributed by atoms with Gasteiger partial charge >= 0.3 is 0 Å². The highest BCUT2D eigenvalue weighted by Gasteiger charge is 2.33. The highest BCUT2D eigenvalue weighted by Crippen LogP contribution is 2.23. The summed E-state index contributed by atoms with van der Waals surface area (Å²) in [5.74, 6) is -0.0177. The lowest BCUT2D eigenvalue weighted by Gasteiger charge is -2.34. The van der Waals surface area contributed by atoms with Crippen LogP contribution in [-0.4, -0.2) is 40.4 Å². The molecule has 4 nitrogen and oxygen atoms in total. The quantitative estimate of drug-likeness (QED) is 0.466. The minimum atomic E-state index is -1.14. The summed E-state index contributed by atoms with van der Waals surface area (Å²) in [4.78, 5) is 0. The van der Waals surface area contributed by atoms with Gasteiger partial charge in [0, 0.05) is 0 Å². The van der Waals surface area contributed by atoms with Crippen LogP contribution in [0.5, 0.6) is 0 Å². The van der Waals surface area contributed by atoms with Gasteiger partial charge in [0.15, 0.2) is 6.29 Å². The molecule has 1 aliphatic rings. The topological polar surface area (TPSA) is 69.9 Å². The summed E-state index contributed by atoms with van der Waals surface area (Å²) >= 11 is 0. The summed E-state index contributed by atoms with van der Waals surface area (Å²) < 4.78 is 4.87. The van der Waals surface area contributed by atoms with Gasteiger partial charge in [0.25, 0.3) is 0 Å². The maximum atomic E-state index is 9.20. The molecule has 1 fully saturated rings. The van der Waals surface area contributed by atoms with Crippen molar-refractivity contribution in [2.45, 2.75) is 31.8 Å². The highest BCUT2D eigenvalue weighted by atomic mass is 16.6. The molecule has 0 radical (unpaired) electrons. The Labute approximate surface area is 65.4 Å². The second-order valence-corrected chi connectivity index (χ2v) is 3.03. The number of hydrogen-bond donors (Lipinski definition) is 3. The van der Waals surface area contributed by atoms with Crippen molar-refractivity contribution in [3.63, 3.8) is 0 Å². The molecule has 4 atom stereocenters. The maximum absolute atomic E-state index is 9.20. The molecular weight excluding hydrogens is 148 g/mol. The predicted octanol–water partition coefficient (Wildman–Crippen LogP) is -0.917. The first-order chi connectivity index (χ1) is 5.15. The molecule has 0 aromatic heterocycles. The smallest absolute Gasteiger partial charge is 0.181 e. The minimum absolute atomic E-state index is 0.0177. The Kier molecular flexibility index (Phi) is 2.84. The Hall–Kier alpha value is -0.160. The second-order valence-electron chi connectivity index (χ2n) is 3.03. The van der Waals surface area contributed by atoms with Crippen LogP contribution in [0.15, 0.2) is 0 Å². The summed E-state index contributed by atoms with van der Waals surface area (Å²) in [5.41, 5.74) is 0. The second kappa shape index (κ2) is 3.49. The molecule has 66 valence electrons. The van der Waals surface area contributed by atoms with Crippen LogP contribution in [0.1, 0.15) is 13.3 Å². The van der Waals surface area contributed by atoms with Crippen LogP contribution < -0.4 is 0 Å². The molecule has 1 heterocycles. The van der Waals surface area contributed by atoms with Gasteiger partial charge in [0.1, 0.15) is 6.10 Å². The zero-order chi connectivity index (χ0) is 8.43. The van der Waals surface area contributed by atoms with Crippen LogP contribution in [-0.2, 0) is 4.74 Å². The standard InChI is InChI=1S/C7H14O4/c1-4-2-5(3-8)11-7(10)6(4)9/h4-10H,2-3H2,1H3/t4?,5?,6-,7?/m0/s1. The number of aliphatic hydroxyl groups excluding tert-OH is 3. The van der Waals surface area contributed by atoms with E-state index in [1.807, 2.05) is 6.92 Å². The molecule has 0 aromatic carbocycles. The van der Waals surface area contributed by atoms with Gasteiger partial charge in [-0.05, 0) is 12.3 Å². The largest absolute Gasteiger partial charge is 0.394 e. The zero-order valence-corrected chi connectivity index (χ0v) is 6.47. The first kappa shape index (κ1) is 8.93. The summed E-state index contributed by atoms with van der Waals surface area (Å²) in [6, 6.07) is 0. The third kappa shape index (κ3) is 1.90. The van der Waals surface area contributed by atoms with Crippen LogP contribution in [0.4, 0.5) is 0 Å². The molecule has 3 N–H and O–H groups in total. The van der Waals surface area contributed by atoms with Crippen LogP contribution in [0.25, 0.3) is 0 Å². The number of hydrogen-bond acceptors (Lipinski definition) is 4. The Morgan fingerprint density at radius 2 is 2.09 bits per heavy atom. The highest BCUT2D eigenvalue weighted by molar-refractivity contribution is 4.77. The molecule has 0 saturated carbocycles. The first-order valence-electron chi connectivity index (χ1n) is 3.77. The minimum Gasteiger partial charge on any atom is -0.394 e. The molecular formula is C7H14O4. The monoisotopic (exact) mass is 162 g/mol. The van der Waals surface area contributed by atoms with E-state index in [1.165, 1.54) is 0 Å². The average molecular weight is 162 g/mol. The Morgan fingerprint density at radius 3 is 2.55 bits per heavy atom. The Bertz CT molecular complexity index is 116. The van der Waals surface area contributed by atoms with Crippen molar-refractivity contribution in [1.29, 1.82) is 0 Å². The van der Waals surface area contributed by atoms with Crippen LogP contribution >= 0.6 is 0 Å². The van der Waals surface area contributed by atoms with Crippen molar-refractivity contribution in [1.82, 2.24) is 0 Å². The van der Waals surface area contributed by atoms with Gasteiger partial charge in [-0.3, -0.25) is 0 Å². The molecule has 3 unspecified atom stereocenters. The lowest BCUT2D eigenvalue weighted by atomic mass is 9.94. The van der Waals surface area contributed by atoms with E-state index in [-0.39, 0.29) is 18.6 Å². The van der Waals surface area contributed by atoms with Crippen LogP contribution in [0.3, 0.4) is 0 Å². The van der Waals surface area contributed by atoms with E-state index in [9.17, 15) is 5.11 Å². The first-order valence-corrected chi connectivity index (χ1v) is 3.77. The van der Waals surface area contributed by atoms with Crippen LogP contribution in [0.2, 0.25) is 0 Å². The summed E-state index contributed by atoms with van der Waals surface area (Å²) in [6.45, 7) is 1.72. The number of rotatable bonds is 1. The normalized spacial score (nSPS) is 45.8. The van der Waals surface area contributed by atoms with E-state index in [2.05, 4.69) is 0 Å². The van der Waals surface area contributed by atoms with Gasteiger partial charge in [-0.1, -0.05) is 6.92 Å². The molecule has 1 aliphatic heterocycles. The van der Waals surface area contributed by atoms with Gasteiger partial charge in [-0.15, -0.1) is 0 Å². The van der Waals surface area contributed by atoms with Crippen molar-refractivity contribution in [3.8, 4) is 0 Å². The molecule has 0 bridgehead atoms. The van der Waals surface area contributed by atoms with E-state index in [0.717, 1.165) is 0 Å². The van der Waals surface area contributed by atoms with E-state index in [4.69, 9.17) is 14.9 Å². The lowest BCUT2D eigenvalue weighted by Crippen LogP contribution is -2.45. The van der Waals surface area contributed by atoms with Gasteiger partial charge in [-0.2, -0.15) is 0 Å². The maximum Gasteiger partial charge on any atom is 0.181 e. The fourth-order valence-corrected chi connectivity index (χ4v) is 1.29. The summed E-state index contributed by atoms with van der Waals surface area (Å²) in [5, 5.41) is 27.0. The van der Waals surface area contributed by atoms with Crippen molar-refractivity contribution in [2.24, 2.45) is 5.92 Å². The third-order valence-corrected chi connectivity index (χ3v) is 2.05. The fraction of sp³-hybridized carbons (Fsp3) is 1.00. The molecule has 0 aliphatic carbocycles. The number of ether oxygens (including phenoxy) is 1. The lowest BCUT2D eigenvalue weighted by molar-refractivity contribution is -0.237. The van der Waals surface area contributed by atoms with Gasteiger partial charge in [-0.25, -0.2) is 0 Å². The van der Waals surface area contributed by atoms with Crippen LogP contribution in [0, 0.1) is 5.92 Å². The average Bonchev–Trinajstić information content (AvgIpc) is 1.99. The van der Waals surface area contributed by atoms with Crippen molar-refractivity contribution < 1.29 is 20.1 Å². The third-order valence-electron chi connectivity index (χ3n) is 2.05. The van der Waals surface area contributed by atoms with Crippen molar-refractivity contribution >= 4 is 0 Å². The predicted molar refractivity (Wildman–Crippen MR) is 37.8 cm³/mol. The molecule has 1 saturated heterocycles. The number of aliphatic hydroxyl groups is 3. The van der Waals surface area contributed by atoms with E-state index in [0.29, 0.717) is 6.42 Å². The summed E-state index contributed by atoms with van der Waals surface area (Å²) in [6.07, 6.45) is -1.70. The molecule has 4 heteroatoms. The van der Waals surface area contributed by atoms with Gasteiger partial charge < -0.3 is 20.1 Å². The van der Waals surface area contributed by atoms with Gasteiger partial charge in [0.2, 0.25) is 0 Å². The van der Waals surface area contributed by atoms with Gasteiger partial charge in [0.05, 0.1) is 12.7 Å². The van der Waals surface area contributed by atoms with E-state index in [1.54, 1.807) is 0 Å². The zero-order valence-electron chi connectivity index (χ0n) is 6.47. The Morgan fingerprint density at radius 1 is 1.45 bits per heavy atom. The van der Waals surface area contributed by atoms with Crippen molar-refractivity contribution in [2.75, 3.05) is 6.61 Å². The Balaban J connectivity index is 2.47. The van der Waals surface area contributed by atoms with Crippen molar-refractivity contribution in [3.05, 3.63) is 0 Å². The SMILES string of the molecule is CC1CC(CO)OC(O)[C@H]1O. The van der Waals surface area contributed by atoms with E-state index >= 15 is 0 Å². The fourth-order valence-electron chi connectivity index (χ4n) is 1.29. The molecule has 11 heavy (non-hydrogen) atoms. The summed E-state index contributed by atoms with van der Waals surface area (Å²) in [7, 11) is 0.